The molecular formula is C14H24N6. The average Bonchev–Trinajstić information content (AvgIpc) is 2.84. The smallest absolute Gasteiger partial charge is 0.226 e. The number of nitrogens with one attached hydrogen (secondary N) is 3. The molecule has 0 aliphatic heterocycles. The van der Waals surface area contributed by atoms with Crippen LogP contribution in [-0.4, -0.2) is 32.2 Å². The number of hydrogen-bond donors (Lipinski definition) is 3. The van der Waals surface area contributed by atoms with Crippen molar-refractivity contribution in [3.05, 3.63) is 6.20 Å². The molecular weight excluding hydrogens is 252 g/mol. The predicted octanol–water partition coefficient (Wildman–Crippen LogP) is 3.17. The molecule has 0 bridgehead atoms. The van der Waals surface area contributed by atoms with Gasteiger partial charge in [0.05, 0.1) is 11.6 Å². The van der Waals surface area contributed by atoms with Crippen LogP contribution in [0.15, 0.2) is 6.20 Å². The molecule has 0 unspecified atom stereocenters. The number of nitrogens with zero attached hydrogens (tertiary/aromatic N) is 3. The second-order valence-corrected chi connectivity index (χ2v) is 5.71. The van der Waals surface area contributed by atoms with E-state index < -0.39 is 0 Å². The van der Waals surface area contributed by atoms with Crippen molar-refractivity contribution in [2.24, 2.45) is 0 Å². The molecule has 2 heterocycles. The summed E-state index contributed by atoms with van der Waals surface area (Å²) in [6.45, 7) is 9.53. The van der Waals surface area contributed by atoms with Gasteiger partial charge >= 0.3 is 0 Å². The zero-order chi connectivity index (χ0) is 14.6. The standard InChI is InChI=1S/C14H24N6/c1-5-7-14(3,4)19-11-10-9-16-20-12(10)18-13(17-11)15-8-6-2/h9H,5-8H2,1-4H3,(H3,15,16,17,18,19,20). The summed E-state index contributed by atoms with van der Waals surface area (Å²) in [5, 5.41) is 14.6. The van der Waals surface area contributed by atoms with Gasteiger partial charge in [0.25, 0.3) is 0 Å². The van der Waals surface area contributed by atoms with Gasteiger partial charge in [0.2, 0.25) is 5.95 Å². The minimum absolute atomic E-state index is 0.00463. The Morgan fingerprint density at radius 2 is 2.00 bits per heavy atom. The topological polar surface area (TPSA) is 78.5 Å². The van der Waals surface area contributed by atoms with Crippen LogP contribution in [0.2, 0.25) is 0 Å². The Hall–Kier alpha value is -1.85. The number of rotatable bonds is 7. The molecule has 0 aliphatic carbocycles. The lowest BCUT2D eigenvalue weighted by molar-refractivity contribution is 0.509. The van der Waals surface area contributed by atoms with E-state index in [1.54, 1.807) is 6.20 Å². The molecule has 2 aromatic rings. The highest BCUT2D eigenvalue weighted by molar-refractivity contribution is 5.87. The van der Waals surface area contributed by atoms with Crippen LogP contribution in [0.4, 0.5) is 11.8 Å². The van der Waals surface area contributed by atoms with Gasteiger partial charge in [-0.3, -0.25) is 5.10 Å². The third-order valence-corrected chi connectivity index (χ3v) is 3.17. The van der Waals surface area contributed by atoms with Gasteiger partial charge in [-0.15, -0.1) is 0 Å². The van der Waals surface area contributed by atoms with E-state index in [2.05, 4.69) is 58.5 Å². The SMILES string of the molecule is CCCNc1nc(NC(C)(C)CCC)c2cn[nH]c2n1. The maximum Gasteiger partial charge on any atom is 0.226 e. The van der Waals surface area contributed by atoms with E-state index in [0.29, 0.717) is 5.95 Å². The number of anilines is 2. The number of aromatic nitrogens is 4. The van der Waals surface area contributed by atoms with Gasteiger partial charge in [0.1, 0.15) is 5.82 Å². The Balaban J connectivity index is 2.32. The van der Waals surface area contributed by atoms with Crippen LogP contribution in [0, 0.1) is 0 Å². The molecule has 2 aromatic heterocycles. The molecule has 0 saturated carbocycles. The Morgan fingerprint density at radius 1 is 1.20 bits per heavy atom. The first-order valence-electron chi connectivity index (χ1n) is 7.29. The van der Waals surface area contributed by atoms with E-state index in [1.807, 2.05) is 0 Å². The molecule has 2 rings (SSSR count). The Kier molecular flexibility index (Phi) is 4.42. The Morgan fingerprint density at radius 3 is 2.70 bits per heavy atom. The fraction of sp³-hybridized carbons (Fsp3) is 0.643. The number of fused-ring (bicyclic) bond motifs is 1. The third-order valence-electron chi connectivity index (χ3n) is 3.17. The minimum atomic E-state index is -0.00463. The molecule has 0 aliphatic rings. The molecule has 0 aromatic carbocycles. The molecule has 3 N–H and O–H groups in total. The normalized spacial score (nSPS) is 11.8. The molecule has 0 radical (unpaired) electrons. The predicted molar refractivity (Wildman–Crippen MR) is 83.1 cm³/mol. The van der Waals surface area contributed by atoms with Crippen molar-refractivity contribution in [1.29, 1.82) is 0 Å². The summed E-state index contributed by atoms with van der Waals surface area (Å²) in [6, 6.07) is 0. The van der Waals surface area contributed by atoms with Gasteiger partial charge in [-0.1, -0.05) is 20.3 Å². The summed E-state index contributed by atoms with van der Waals surface area (Å²) in [4.78, 5) is 9.01. The lowest BCUT2D eigenvalue weighted by atomic mass is 9.99. The van der Waals surface area contributed by atoms with Crippen molar-refractivity contribution < 1.29 is 0 Å². The zero-order valence-electron chi connectivity index (χ0n) is 12.7. The van der Waals surface area contributed by atoms with E-state index in [1.165, 1.54) is 0 Å². The van der Waals surface area contributed by atoms with Crippen molar-refractivity contribution in [2.45, 2.75) is 52.5 Å². The van der Waals surface area contributed by atoms with Gasteiger partial charge in [0.15, 0.2) is 5.65 Å². The van der Waals surface area contributed by atoms with Crippen LogP contribution in [-0.2, 0) is 0 Å². The van der Waals surface area contributed by atoms with Crippen molar-refractivity contribution in [2.75, 3.05) is 17.2 Å². The maximum absolute atomic E-state index is 4.58. The summed E-state index contributed by atoms with van der Waals surface area (Å²) in [7, 11) is 0. The van der Waals surface area contributed by atoms with Crippen LogP contribution < -0.4 is 10.6 Å². The fourth-order valence-electron chi connectivity index (χ4n) is 2.25. The second-order valence-electron chi connectivity index (χ2n) is 5.71. The highest BCUT2D eigenvalue weighted by Gasteiger charge is 2.19. The lowest BCUT2D eigenvalue weighted by Crippen LogP contribution is -2.31. The quantitative estimate of drug-likeness (QED) is 0.724. The van der Waals surface area contributed by atoms with Gasteiger partial charge in [-0.25, -0.2) is 0 Å². The van der Waals surface area contributed by atoms with Crippen molar-refractivity contribution in [1.82, 2.24) is 20.2 Å². The van der Waals surface area contributed by atoms with Gasteiger partial charge in [-0.2, -0.15) is 15.1 Å². The second kappa shape index (κ2) is 6.07. The molecule has 0 fully saturated rings. The van der Waals surface area contributed by atoms with E-state index in [4.69, 9.17) is 0 Å². The summed E-state index contributed by atoms with van der Waals surface area (Å²) in [5.74, 6) is 1.47. The molecule has 6 nitrogen and oxygen atoms in total. The van der Waals surface area contributed by atoms with Gasteiger partial charge in [-0.05, 0) is 26.7 Å². The van der Waals surface area contributed by atoms with Crippen molar-refractivity contribution in [3.63, 3.8) is 0 Å². The highest BCUT2D eigenvalue weighted by atomic mass is 15.2. The van der Waals surface area contributed by atoms with Crippen molar-refractivity contribution >= 4 is 22.8 Å². The third kappa shape index (κ3) is 3.37. The number of hydrogen-bond acceptors (Lipinski definition) is 5. The zero-order valence-corrected chi connectivity index (χ0v) is 12.7. The number of aromatic amines is 1. The monoisotopic (exact) mass is 276 g/mol. The van der Waals surface area contributed by atoms with E-state index in [9.17, 15) is 0 Å². The van der Waals surface area contributed by atoms with Crippen LogP contribution in [0.25, 0.3) is 11.0 Å². The fourth-order valence-corrected chi connectivity index (χ4v) is 2.25. The molecule has 20 heavy (non-hydrogen) atoms. The lowest BCUT2D eigenvalue weighted by Gasteiger charge is -2.26. The molecule has 110 valence electrons. The Labute approximate surface area is 119 Å². The van der Waals surface area contributed by atoms with Crippen molar-refractivity contribution in [3.8, 4) is 0 Å². The summed E-state index contributed by atoms with van der Waals surface area (Å²) < 4.78 is 0. The first-order valence-corrected chi connectivity index (χ1v) is 7.29. The van der Waals surface area contributed by atoms with Crippen LogP contribution >= 0.6 is 0 Å². The van der Waals surface area contributed by atoms with Crippen LogP contribution in [0.5, 0.6) is 0 Å². The minimum Gasteiger partial charge on any atom is -0.364 e. The molecule has 0 saturated heterocycles. The average molecular weight is 276 g/mol. The molecule has 6 heteroatoms. The molecule has 0 atom stereocenters. The number of H-pyrrole nitrogens is 1. The highest BCUT2D eigenvalue weighted by Crippen LogP contribution is 2.25. The largest absolute Gasteiger partial charge is 0.364 e. The first-order chi connectivity index (χ1) is 9.55. The van der Waals surface area contributed by atoms with E-state index >= 15 is 0 Å². The maximum atomic E-state index is 4.58. The molecule has 0 amide bonds. The molecule has 0 spiro atoms. The van der Waals surface area contributed by atoms with E-state index in [0.717, 1.165) is 42.7 Å². The Bertz CT molecular complexity index is 560. The summed E-state index contributed by atoms with van der Waals surface area (Å²) in [5.41, 5.74) is 0.753. The van der Waals surface area contributed by atoms with E-state index in [-0.39, 0.29) is 5.54 Å². The van der Waals surface area contributed by atoms with Gasteiger partial charge < -0.3 is 10.6 Å². The van der Waals surface area contributed by atoms with Crippen LogP contribution in [0.1, 0.15) is 47.0 Å². The van der Waals surface area contributed by atoms with Crippen LogP contribution in [0.3, 0.4) is 0 Å². The van der Waals surface area contributed by atoms with Gasteiger partial charge in [0, 0.05) is 12.1 Å². The summed E-state index contributed by atoms with van der Waals surface area (Å²) >= 11 is 0. The summed E-state index contributed by atoms with van der Waals surface area (Å²) in [6.07, 6.45) is 5.01. The first kappa shape index (κ1) is 14.6.